The van der Waals surface area contributed by atoms with Crippen LogP contribution in [0.2, 0.25) is 0 Å². The minimum Gasteiger partial charge on any atom is -0.464 e. The van der Waals surface area contributed by atoms with Gasteiger partial charge in [-0.15, -0.1) is 0 Å². The summed E-state index contributed by atoms with van der Waals surface area (Å²) in [5.74, 6) is -0.961. The van der Waals surface area contributed by atoms with E-state index in [0.29, 0.717) is 5.82 Å². The van der Waals surface area contributed by atoms with Crippen LogP contribution in [0, 0.1) is 17.3 Å². The standard InChI is InChI=1S/C33H44F3N3O4/c1-7-42-31(41)27-25(32(2,3)4)28(43-20-23-18-24(33(34,35)36)19-37-29(23)38(5)6)26(21-14-10-8-11-15-21)39(27)30(40)22-16-12-9-13-17-22/h8,10-11,14-15,18-19,22,25-28H,7,9,12-13,16-17,20H2,1-6H3/t25-,26+,27+,28+/m0/s1. The molecule has 1 saturated carbocycles. The van der Waals surface area contributed by atoms with Crippen molar-refractivity contribution in [1.29, 1.82) is 0 Å². The Morgan fingerprint density at radius 1 is 1.05 bits per heavy atom. The van der Waals surface area contributed by atoms with E-state index in [1.165, 1.54) is 0 Å². The molecule has 0 N–H and O–H groups in total. The number of hydrogen-bond acceptors (Lipinski definition) is 6. The second-order valence-electron chi connectivity index (χ2n) is 12.9. The van der Waals surface area contributed by atoms with Crippen LogP contribution in [-0.4, -0.2) is 54.6 Å². The largest absolute Gasteiger partial charge is 0.464 e. The summed E-state index contributed by atoms with van der Waals surface area (Å²) < 4.78 is 53.3. The second-order valence-corrected chi connectivity index (χ2v) is 12.9. The van der Waals surface area contributed by atoms with E-state index in [-0.39, 0.29) is 30.6 Å². The fourth-order valence-electron chi connectivity index (χ4n) is 6.72. The normalized spacial score (nSPS) is 23.3. The lowest BCUT2D eigenvalue weighted by Gasteiger charge is -2.36. The summed E-state index contributed by atoms with van der Waals surface area (Å²) in [6, 6.07) is 8.95. The summed E-state index contributed by atoms with van der Waals surface area (Å²) in [5.41, 5.74) is -0.335. The number of carbonyl (C=O) groups excluding carboxylic acids is 2. The van der Waals surface area contributed by atoms with Gasteiger partial charge < -0.3 is 19.3 Å². The fourth-order valence-corrected chi connectivity index (χ4v) is 6.72. The first kappa shape index (κ1) is 32.8. The molecule has 2 heterocycles. The van der Waals surface area contributed by atoms with Crippen molar-refractivity contribution < 1.29 is 32.2 Å². The van der Waals surface area contributed by atoms with E-state index in [9.17, 15) is 22.8 Å². The summed E-state index contributed by atoms with van der Waals surface area (Å²) in [7, 11) is 3.42. The van der Waals surface area contributed by atoms with Gasteiger partial charge >= 0.3 is 12.1 Å². The quantitative estimate of drug-likeness (QED) is 0.309. The molecule has 7 nitrogen and oxygen atoms in total. The molecule has 1 aromatic carbocycles. The van der Waals surface area contributed by atoms with Gasteiger partial charge in [-0.05, 0) is 36.8 Å². The van der Waals surface area contributed by atoms with E-state index < -0.39 is 47.2 Å². The number of rotatable bonds is 8. The Morgan fingerprint density at radius 3 is 2.26 bits per heavy atom. The maximum Gasteiger partial charge on any atom is 0.417 e. The molecule has 4 atom stereocenters. The molecule has 1 aliphatic carbocycles. The molecular weight excluding hydrogens is 559 g/mol. The smallest absolute Gasteiger partial charge is 0.417 e. The first-order valence-electron chi connectivity index (χ1n) is 15.1. The van der Waals surface area contributed by atoms with E-state index >= 15 is 0 Å². The Kier molecular flexibility index (Phi) is 10.1. The number of amides is 1. The number of carbonyl (C=O) groups is 2. The van der Waals surface area contributed by atoms with E-state index in [4.69, 9.17) is 9.47 Å². The van der Waals surface area contributed by atoms with Crippen molar-refractivity contribution in [2.45, 2.75) is 90.8 Å². The number of benzene rings is 1. The molecule has 0 bridgehead atoms. The van der Waals surface area contributed by atoms with Crippen molar-refractivity contribution in [1.82, 2.24) is 9.88 Å². The van der Waals surface area contributed by atoms with E-state index in [0.717, 1.165) is 49.9 Å². The Bertz CT molecular complexity index is 1260. The molecule has 2 aromatic rings. The number of esters is 1. The van der Waals surface area contributed by atoms with E-state index in [2.05, 4.69) is 4.98 Å². The summed E-state index contributed by atoms with van der Waals surface area (Å²) in [6.45, 7) is 7.68. The highest BCUT2D eigenvalue weighted by Crippen LogP contribution is 2.51. The molecule has 1 amide bonds. The molecule has 236 valence electrons. The lowest BCUT2D eigenvalue weighted by Crippen LogP contribution is -2.49. The van der Waals surface area contributed by atoms with Crippen LogP contribution in [0.3, 0.4) is 0 Å². The minimum atomic E-state index is -4.57. The van der Waals surface area contributed by atoms with Gasteiger partial charge in [0.25, 0.3) is 0 Å². The lowest BCUT2D eigenvalue weighted by molar-refractivity contribution is -0.158. The highest BCUT2D eigenvalue weighted by molar-refractivity contribution is 5.88. The van der Waals surface area contributed by atoms with Crippen molar-refractivity contribution in [3.05, 3.63) is 59.3 Å². The zero-order valence-electron chi connectivity index (χ0n) is 26.0. The number of halogens is 3. The molecule has 0 spiro atoms. The van der Waals surface area contributed by atoms with Gasteiger partial charge in [-0.25, -0.2) is 9.78 Å². The number of aromatic nitrogens is 1. The van der Waals surface area contributed by atoms with Gasteiger partial charge in [-0.3, -0.25) is 4.79 Å². The topological polar surface area (TPSA) is 72.0 Å². The molecule has 0 unspecified atom stereocenters. The van der Waals surface area contributed by atoms with Crippen molar-refractivity contribution in [3.63, 3.8) is 0 Å². The van der Waals surface area contributed by atoms with Crippen LogP contribution in [0.5, 0.6) is 0 Å². The Balaban J connectivity index is 1.85. The highest BCUT2D eigenvalue weighted by atomic mass is 19.4. The minimum absolute atomic E-state index is 0.0957. The molecule has 43 heavy (non-hydrogen) atoms. The average molecular weight is 604 g/mol. The van der Waals surface area contributed by atoms with Crippen LogP contribution >= 0.6 is 0 Å². The van der Waals surface area contributed by atoms with Crippen molar-refractivity contribution in [3.8, 4) is 0 Å². The van der Waals surface area contributed by atoms with Gasteiger partial charge in [0.1, 0.15) is 11.9 Å². The molecule has 1 saturated heterocycles. The predicted octanol–water partition coefficient (Wildman–Crippen LogP) is 6.81. The number of alkyl halides is 3. The van der Waals surface area contributed by atoms with Crippen LogP contribution in [0.25, 0.3) is 0 Å². The second kappa shape index (κ2) is 13.2. The van der Waals surface area contributed by atoms with Crippen LogP contribution in [-0.2, 0) is 31.8 Å². The number of likely N-dealkylation sites (tertiary alicyclic amines) is 1. The van der Waals surface area contributed by atoms with Gasteiger partial charge in [0, 0.05) is 37.7 Å². The van der Waals surface area contributed by atoms with Crippen molar-refractivity contribution >= 4 is 17.7 Å². The van der Waals surface area contributed by atoms with Crippen LogP contribution in [0.4, 0.5) is 19.0 Å². The van der Waals surface area contributed by atoms with Crippen LogP contribution in [0.1, 0.15) is 82.5 Å². The third kappa shape index (κ3) is 7.16. The molecule has 0 radical (unpaired) electrons. The number of ether oxygens (including phenoxy) is 2. The van der Waals surface area contributed by atoms with Gasteiger partial charge in [-0.2, -0.15) is 13.2 Å². The summed E-state index contributed by atoms with van der Waals surface area (Å²) in [5, 5.41) is 0. The first-order chi connectivity index (χ1) is 20.3. The van der Waals surface area contributed by atoms with Crippen LogP contribution in [0.15, 0.2) is 42.6 Å². The van der Waals surface area contributed by atoms with Gasteiger partial charge in [0.15, 0.2) is 0 Å². The van der Waals surface area contributed by atoms with Gasteiger partial charge in [-0.1, -0.05) is 70.4 Å². The van der Waals surface area contributed by atoms with Gasteiger partial charge in [0.2, 0.25) is 5.91 Å². The molecule has 2 aliphatic rings. The molecule has 10 heteroatoms. The monoisotopic (exact) mass is 603 g/mol. The molecular formula is C33H44F3N3O4. The van der Waals surface area contributed by atoms with Gasteiger partial charge in [0.05, 0.1) is 30.9 Å². The number of anilines is 1. The van der Waals surface area contributed by atoms with E-state index in [1.54, 1.807) is 30.8 Å². The third-order valence-electron chi connectivity index (χ3n) is 8.61. The van der Waals surface area contributed by atoms with Crippen molar-refractivity contribution in [2.75, 3.05) is 25.6 Å². The maximum absolute atomic E-state index is 14.4. The molecule has 1 aliphatic heterocycles. The first-order valence-corrected chi connectivity index (χ1v) is 15.1. The third-order valence-corrected chi connectivity index (χ3v) is 8.61. The average Bonchev–Trinajstić information content (AvgIpc) is 3.32. The SMILES string of the molecule is CCOC(=O)[C@H]1[C@H](C(C)(C)C)[C@@H](OCc2cc(C(F)(F)F)cnc2N(C)C)[C@@H](c2ccccc2)N1C(=O)C1CCCCC1. The number of pyridine rings is 1. The van der Waals surface area contributed by atoms with E-state index in [1.807, 2.05) is 51.1 Å². The molecule has 4 rings (SSSR count). The zero-order chi connectivity index (χ0) is 31.5. The van der Waals surface area contributed by atoms with Crippen molar-refractivity contribution in [2.24, 2.45) is 17.3 Å². The zero-order valence-corrected chi connectivity index (χ0v) is 26.0. The Labute approximate surface area is 252 Å². The number of nitrogens with zero attached hydrogens (tertiary/aromatic N) is 3. The van der Waals surface area contributed by atoms with Crippen LogP contribution < -0.4 is 4.90 Å². The molecule has 1 aromatic heterocycles. The summed E-state index contributed by atoms with van der Waals surface area (Å²) >= 11 is 0. The summed E-state index contributed by atoms with van der Waals surface area (Å²) in [6.07, 6.45) is 0.00227. The Morgan fingerprint density at radius 2 is 1.70 bits per heavy atom. The Hall–Kier alpha value is -3.14. The highest BCUT2D eigenvalue weighted by Gasteiger charge is 2.59. The predicted molar refractivity (Wildman–Crippen MR) is 158 cm³/mol. The summed E-state index contributed by atoms with van der Waals surface area (Å²) in [4.78, 5) is 35.6. The molecule has 2 fully saturated rings. The maximum atomic E-state index is 14.4. The number of hydrogen-bond donors (Lipinski definition) is 0. The fraction of sp³-hybridized carbons (Fsp3) is 0.606. The lowest BCUT2D eigenvalue weighted by atomic mass is 9.73.